The van der Waals surface area contributed by atoms with Gasteiger partial charge in [-0.05, 0) is 49.2 Å². The average Bonchev–Trinajstić information content (AvgIpc) is 3.79. The fourth-order valence-corrected chi connectivity index (χ4v) is 6.21. The fourth-order valence-electron chi connectivity index (χ4n) is 6.21. The van der Waals surface area contributed by atoms with Gasteiger partial charge in [0.2, 0.25) is 0 Å². The second-order valence-electron chi connectivity index (χ2n) is 12.5. The number of hydrogen-bond acceptors (Lipinski definition) is 13. The Hall–Kier alpha value is -5.63. The Morgan fingerprint density at radius 3 is 1.74 bits per heavy atom. The molecule has 0 spiro atoms. The van der Waals surface area contributed by atoms with Crippen LogP contribution in [0.5, 0.6) is 0 Å². The predicted octanol–water partition coefficient (Wildman–Crippen LogP) is 5.55. The maximum absolute atomic E-state index is 14.1. The number of rotatable bonds is 16. The highest BCUT2D eigenvalue weighted by molar-refractivity contribution is 5.89. The first-order valence-corrected chi connectivity index (χ1v) is 17.2. The number of oxazole rings is 2. The number of aromatic nitrogens is 2. The summed E-state index contributed by atoms with van der Waals surface area (Å²) in [5.74, 6) is -3.34. The van der Waals surface area contributed by atoms with E-state index >= 15 is 0 Å². The summed E-state index contributed by atoms with van der Waals surface area (Å²) in [7, 11) is 1.31. The molecule has 53 heavy (non-hydrogen) atoms. The molecule has 0 aliphatic carbocycles. The van der Waals surface area contributed by atoms with Crippen LogP contribution in [-0.4, -0.2) is 77.4 Å². The molecule has 6 rings (SSSR count). The molecule has 7 atom stereocenters. The van der Waals surface area contributed by atoms with Crippen LogP contribution >= 0.6 is 0 Å². The van der Waals surface area contributed by atoms with Gasteiger partial charge in [-0.2, -0.15) is 0 Å². The van der Waals surface area contributed by atoms with Crippen molar-refractivity contribution in [1.82, 2.24) is 9.97 Å². The van der Waals surface area contributed by atoms with Crippen molar-refractivity contribution in [3.8, 4) is 0 Å². The van der Waals surface area contributed by atoms with Gasteiger partial charge in [-0.1, -0.05) is 54.6 Å². The largest absolute Gasteiger partial charge is 0.454 e. The molecule has 3 aromatic carbocycles. The Bertz CT molecular complexity index is 1970. The molecule has 1 N–H and O–H groups in total. The molecule has 1 fully saturated rings. The number of benzene rings is 3. The summed E-state index contributed by atoms with van der Waals surface area (Å²) in [6, 6.07) is 22.5. The lowest BCUT2D eigenvalue weighted by Crippen LogP contribution is -2.63. The standard InChI is InChI=1S/C40H40N2O11/c1-4-13-25(21-32-41-27-17-9-11-19-29(27)48-32)38(45)52-35-34(51-37(44)24-15-7-6-8-16-24)31(23-43)50-40(47-3)36(35)53-39(46)26(14-5-2)22-33-42-28-18-10-12-20-30(28)49-33/h4-12,15-20,25-26,31,34-36,40,43H,1-2,13-14,21-23H2,3H3/t25-,26-,31+,34+,35-,36-,40-/m0/s1. The van der Waals surface area contributed by atoms with Crippen molar-refractivity contribution in [1.29, 1.82) is 0 Å². The van der Waals surface area contributed by atoms with Gasteiger partial charge >= 0.3 is 17.9 Å². The number of methoxy groups -OCH3 is 1. The first kappa shape index (κ1) is 37.1. The van der Waals surface area contributed by atoms with Crippen molar-refractivity contribution >= 4 is 40.1 Å². The fraction of sp³-hybridized carbons (Fsp3) is 0.325. The minimum absolute atomic E-state index is 0.0464. The summed E-state index contributed by atoms with van der Waals surface area (Å²) in [4.78, 5) is 50.5. The molecule has 1 aliphatic heterocycles. The smallest absolute Gasteiger partial charge is 0.338 e. The lowest BCUT2D eigenvalue weighted by Gasteiger charge is -2.44. The van der Waals surface area contributed by atoms with Gasteiger partial charge in [0, 0.05) is 20.0 Å². The summed E-state index contributed by atoms with van der Waals surface area (Å²) < 4.78 is 41.4. The van der Waals surface area contributed by atoms with Crippen LogP contribution < -0.4 is 0 Å². The predicted molar refractivity (Wildman–Crippen MR) is 190 cm³/mol. The highest BCUT2D eigenvalue weighted by Crippen LogP contribution is 2.32. The second-order valence-corrected chi connectivity index (χ2v) is 12.5. The van der Waals surface area contributed by atoms with Crippen LogP contribution in [0.15, 0.2) is 113 Å². The zero-order chi connectivity index (χ0) is 37.3. The van der Waals surface area contributed by atoms with E-state index < -0.39 is 67.1 Å². The van der Waals surface area contributed by atoms with E-state index in [9.17, 15) is 19.5 Å². The first-order valence-electron chi connectivity index (χ1n) is 17.2. The third kappa shape index (κ3) is 8.71. The third-order valence-corrected chi connectivity index (χ3v) is 8.85. The zero-order valence-electron chi connectivity index (χ0n) is 29.1. The Morgan fingerprint density at radius 2 is 1.25 bits per heavy atom. The molecular weight excluding hydrogens is 684 g/mol. The lowest BCUT2D eigenvalue weighted by molar-refractivity contribution is -0.301. The van der Waals surface area contributed by atoms with Crippen LogP contribution in [0.1, 0.15) is 35.0 Å². The van der Waals surface area contributed by atoms with Crippen LogP contribution in [0.25, 0.3) is 22.2 Å². The topological polar surface area (TPSA) is 170 Å². The monoisotopic (exact) mass is 724 g/mol. The minimum atomic E-state index is -1.50. The first-order chi connectivity index (χ1) is 25.8. The number of fused-ring (bicyclic) bond motifs is 2. The van der Waals surface area contributed by atoms with E-state index in [2.05, 4.69) is 23.1 Å². The van der Waals surface area contributed by atoms with E-state index in [0.29, 0.717) is 34.0 Å². The van der Waals surface area contributed by atoms with E-state index in [1.807, 2.05) is 24.3 Å². The molecular formula is C40H40N2O11. The molecule has 13 nitrogen and oxygen atoms in total. The number of aliphatic hydroxyl groups is 1. The zero-order valence-corrected chi connectivity index (χ0v) is 29.1. The molecule has 3 heterocycles. The van der Waals surface area contributed by atoms with Crippen molar-refractivity contribution < 1.29 is 52.0 Å². The van der Waals surface area contributed by atoms with Gasteiger partial charge < -0.3 is 37.6 Å². The summed E-state index contributed by atoms with van der Waals surface area (Å²) in [6.45, 7) is 6.94. The quantitative estimate of drug-likeness (QED) is 0.0764. The Balaban J connectivity index is 1.31. The Morgan fingerprint density at radius 1 is 0.736 bits per heavy atom. The summed E-state index contributed by atoms with van der Waals surface area (Å²) in [5.41, 5.74) is 2.56. The Labute approximate surface area is 305 Å². The molecule has 1 aliphatic rings. The van der Waals surface area contributed by atoms with E-state index in [-0.39, 0.29) is 31.2 Å². The van der Waals surface area contributed by atoms with Gasteiger partial charge in [-0.25, -0.2) is 14.8 Å². The van der Waals surface area contributed by atoms with Gasteiger partial charge in [0.15, 0.2) is 47.5 Å². The number of nitrogens with zero attached hydrogens (tertiary/aromatic N) is 2. The molecule has 0 bridgehead atoms. The van der Waals surface area contributed by atoms with E-state index in [0.717, 1.165) is 0 Å². The van der Waals surface area contributed by atoms with Crippen LogP contribution in [0.4, 0.5) is 0 Å². The van der Waals surface area contributed by atoms with Crippen LogP contribution in [0.3, 0.4) is 0 Å². The highest BCUT2D eigenvalue weighted by Gasteiger charge is 2.53. The van der Waals surface area contributed by atoms with Crippen molar-refractivity contribution in [2.24, 2.45) is 11.8 Å². The number of ether oxygens (including phenoxy) is 5. The molecule has 0 saturated carbocycles. The molecule has 2 aromatic heterocycles. The van der Waals surface area contributed by atoms with Crippen molar-refractivity contribution in [2.75, 3.05) is 13.7 Å². The Kier molecular flexibility index (Phi) is 12.1. The molecule has 1 saturated heterocycles. The number of allylic oxidation sites excluding steroid dienone is 2. The minimum Gasteiger partial charge on any atom is -0.454 e. The molecule has 13 heteroatoms. The molecule has 5 aromatic rings. The SMILES string of the molecule is C=CC[C@@H](Cc1nc2ccccc2o1)C(=O)O[C@@H]1[C@H](OC(=O)[C@@H](CC=C)Cc2nc3ccccc3o2)[C@@H](OC)O[C@H](CO)[C@H]1OC(=O)c1ccccc1. The van der Waals surface area contributed by atoms with Gasteiger partial charge in [0.05, 0.1) is 24.0 Å². The van der Waals surface area contributed by atoms with E-state index in [1.54, 1.807) is 66.7 Å². The molecule has 276 valence electrons. The number of hydrogen-bond donors (Lipinski definition) is 1. The van der Waals surface area contributed by atoms with Crippen LogP contribution in [0, 0.1) is 11.8 Å². The number of esters is 3. The van der Waals surface area contributed by atoms with Crippen LogP contribution in [0.2, 0.25) is 0 Å². The molecule has 0 radical (unpaired) electrons. The number of para-hydroxylation sites is 4. The summed E-state index contributed by atoms with van der Waals surface area (Å²) >= 11 is 0. The lowest BCUT2D eigenvalue weighted by atomic mass is 9.96. The molecule has 0 unspecified atom stereocenters. The molecule has 0 amide bonds. The maximum Gasteiger partial charge on any atom is 0.338 e. The van der Waals surface area contributed by atoms with Crippen molar-refractivity contribution in [2.45, 2.75) is 56.4 Å². The second kappa shape index (κ2) is 17.3. The summed E-state index contributed by atoms with van der Waals surface area (Å²) in [5, 5.41) is 10.4. The number of carbonyl (C=O) groups is 3. The maximum atomic E-state index is 14.1. The van der Waals surface area contributed by atoms with E-state index in [4.69, 9.17) is 32.5 Å². The van der Waals surface area contributed by atoms with Gasteiger partial charge in [0.25, 0.3) is 0 Å². The third-order valence-electron chi connectivity index (χ3n) is 8.85. The number of carbonyl (C=O) groups excluding carboxylic acids is 3. The number of aliphatic hydroxyl groups excluding tert-OH is 1. The van der Waals surface area contributed by atoms with Crippen molar-refractivity contribution in [3.05, 3.63) is 122 Å². The van der Waals surface area contributed by atoms with Crippen molar-refractivity contribution in [3.63, 3.8) is 0 Å². The van der Waals surface area contributed by atoms with E-state index in [1.165, 1.54) is 7.11 Å². The van der Waals surface area contributed by atoms with Gasteiger partial charge in [-0.15, -0.1) is 13.2 Å². The van der Waals surface area contributed by atoms with Crippen LogP contribution in [-0.2, 0) is 46.1 Å². The van der Waals surface area contributed by atoms with Gasteiger partial charge in [0.1, 0.15) is 17.1 Å². The normalized spacial score (nSPS) is 21.1. The average molecular weight is 725 g/mol. The highest BCUT2D eigenvalue weighted by atomic mass is 16.7. The van der Waals surface area contributed by atoms with Gasteiger partial charge in [-0.3, -0.25) is 9.59 Å². The summed E-state index contributed by atoms with van der Waals surface area (Å²) in [6.07, 6.45) is -3.39.